The van der Waals surface area contributed by atoms with E-state index < -0.39 is 0 Å². The van der Waals surface area contributed by atoms with E-state index >= 15 is 0 Å². The highest BCUT2D eigenvalue weighted by molar-refractivity contribution is 6.13. The third kappa shape index (κ3) is 3.65. The number of nitrogens with one attached hydrogen (secondary N) is 1. The summed E-state index contributed by atoms with van der Waals surface area (Å²) in [5, 5.41) is 4.30. The number of hydrogen-bond acceptors (Lipinski definition) is 4. The van der Waals surface area contributed by atoms with E-state index in [0.717, 1.165) is 11.1 Å². The molecule has 0 unspecified atom stereocenters. The van der Waals surface area contributed by atoms with E-state index in [2.05, 4.69) is 20.5 Å². The lowest BCUT2D eigenvalue weighted by Gasteiger charge is -2.07. The Morgan fingerprint density at radius 3 is 2.17 bits per heavy atom. The van der Waals surface area contributed by atoms with Crippen molar-refractivity contribution in [3.05, 3.63) is 96.1 Å². The zero-order valence-corrected chi connectivity index (χ0v) is 12.3. The summed E-state index contributed by atoms with van der Waals surface area (Å²) < 4.78 is 0. The standard InChI is InChI=1S/C18H14N4O/c23-18(16-7-4-10-20-13-16)22-21-17(14-5-2-1-3-6-14)15-8-11-19-12-9-15/h1-13H,(H,22,23)/b21-17+. The van der Waals surface area contributed by atoms with Crippen molar-refractivity contribution in [3.63, 3.8) is 0 Å². The van der Waals surface area contributed by atoms with E-state index in [1.165, 1.54) is 6.20 Å². The van der Waals surface area contributed by atoms with Gasteiger partial charge < -0.3 is 0 Å². The van der Waals surface area contributed by atoms with Crippen LogP contribution < -0.4 is 5.43 Å². The number of benzene rings is 1. The average molecular weight is 302 g/mol. The summed E-state index contributed by atoms with van der Waals surface area (Å²) in [5.41, 5.74) is 5.49. The molecule has 1 N–H and O–H groups in total. The number of hydrazone groups is 1. The molecule has 2 aromatic heterocycles. The fourth-order valence-corrected chi connectivity index (χ4v) is 2.07. The number of rotatable bonds is 4. The van der Waals surface area contributed by atoms with Gasteiger partial charge in [0.15, 0.2) is 0 Å². The van der Waals surface area contributed by atoms with Gasteiger partial charge in [-0.05, 0) is 24.3 Å². The normalized spacial score (nSPS) is 11.0. The Balaban J connectivity index is 1.91. The van der Waals surface area contributed by atoms with Crippen LogP contribution in [-0.4, -0.2) is 21.6 Å². The van der Waals surface area contributed by atoms with Gasteiger partial charge in [0.2, 0.25) is 0 Å². The minimum atomic E-state index is -0.305. The third-order valence-electron chi connectivity index (χ3n) is 3.19. The Morgan fingerprint density at radius 1 is 0.783 bits per heavy atom. The van der Waals surface area contributed by atoms with E-state index in [1.807, 2.05) is 42.5 Å². The molecule has 1 aromatic carbocycles. The molecule has 2 heterocycles. The molecule has 3 aromatic rings. The SMILES string of the molecule is O=C(N/N=C(\c1ccccc1)c1ccncc1)c1cccnc1. The van der Waals surface area contributed by atoms with E-state index in [4.69, 9.17) is 0 Å². The minimum Gasteiger partial charge on any atom is -0.267 e. The van der Waals surface area contributed by atoms with Crippen molar-refractivity contribution in [2.45, 2.75) is 0 Å². The molecule has 0 spiro atoms. The number of carbonyl (C=O) groups is 1. The van der Waals surface area contributed by atoms with E-state index in [0.29, 0.717) is 11.3 Å². The smallest absolute Gasteiger partial charge is 0.267 e. The fourth-order valence-electron chi connectivity index (χ4n) is 2.07. The molecule has 1 amide bonds. The number of amides is 1. The first kappa shape index (κ1) is 14.6. The first-order valence-electron chi connectivity index (χ1n) is 7.08. The van der Waals surface area contributed by atoms with Gasteiger partial charge in [-0.15, -0.1) is 0 Å². The molecular weight excluding hydrogens is 288 g/mol. The fraction of sp³-hybridized carbons (Fsp3) is 0. The molecule has 112 valence electrons. The van der Waals surface area contributed by atoms with Crippen LogP contribution >= 0.6 is 0 Å². The monoisotopic (exact) mass is 302 g/mol. The van der Waals surface area contributed by atoms with Gasteiger partial charge >= 0.3 is 0 Å². The summed E-state index contributed by atoms with van der Waals surface area (Å²) >= 11 is 0. The summed E-state index contributed by atoms with van der Waals surface area (Å²) in [5.74, 6) is -0.305. The van der Waals surface area contributed by atoms with Crippen LogP contribution in [0.4, 0.5) is 0 Å². The second-order valence-electron chi connectivity index (χ2n) is 4.74. The lowest BCUT2D eigenvalue weighted by molar-refractivity contribution is 0.0954. The molecule has 23 heavy (non-hydrogen) atoms. The molecule has 0 aliphatic rings. The van der Waals surface area contributed by atoms with E-state index in [9.17, 15) is 4.79 Å². The van der Waals surface area contributed by atoms with Crippen molar-refractivity contribution in [2.75, 3.05) is 0 Å². The molecule has 0 saturated carbocycles. The molecular formula is C18H14N4O. The Labute approximate surface area is 133 Å². The molecule has 0 aliphatic heterocycles. The van der Waals surface area contributed by atoms with Gasteiger partial charge in [-0.25, -0.2) is 5.43 Å². The summed E-state index contributed by atoms with van der Waals surface area (Å²) in [6, 6.07) is 16.8. The summed E-state index contributed by atoms with van der Waals surface area (Å²) in [6.45, 7) is 0. The van der Waals surface area contributed by atoms with E-state index in [1.54, 1.807) is 30.7 Å². The molecule has 5 heteroatoms. The highest BCUT2D eigenvalue weighted by atomic mass is 16.2. The second kappa shape index (κ2) is 7.09. The maximum atomic E-state index is 12.1. The van der Waals surface area contributed by atoms with Crippen LogP contribution in [0.25, 0.3) is 0 Å². The molecule has 0 bridgehead atoms. The zero-order valence-electron chi connectivity index (χ0n) is 12.3. The minimum absolute atomic E-state index is 0.305. The van der Waals surface area contributed by atoms with Crippen LogP contribution in [0.3, 0.4) is 0 Å². The molecule has 0 saturated heterocycles. The number of nitrogens with zero attached hydrogens (tertiary/aromatic N) is 3. The first-order valence-corrected chi connectivity index (χ1v) is 7.08. The van der Waals surface area contributed by atoms with Crippen molar-refractivity contribution in [1.29, 1.82) is 0 Å². The second-order valence-corrected chi connectivity index (χ2v) is 4.74. The van der Waals surface area contributed by atoms with Crippen molar-refractivity contribution in [1.82, 2.24) is 15.4 Å². The van der Waals surface area contributed by atoms with Gasteiger partial charge in [0.25, 0.3) is 5.91 Å². The number of hydrogen-bond donors (Lipinski definition) is 1. The van der Waals surface area contributed by atoms with E-state index in [-0.39, 0.29) is 5.91 Å². The molecule has 0 fully saturated rings. The molecule has 5 nitrogen and oxygen atoms in total. The predicted octanol–water partition coefficient (Wildman–Crippen LogP) is 2.66. The van der Waals surface area contributed by atoms with Gasteiger partial charge in [0, 0.05) is 35.9 Å². The van der Waals surface area contributed by atoms with Crippen molar-refractivity contribution >= 4 is 11.6 Å². The van der Waals surface area contributed by atoms with Crippen LogP contribution in [0, 0.1) is 0 Å². The van der Waals surface area contributed by atoms with Gasteiger partial charge in [0.05, 0.1) is 11.3 Å². The summed E-state index contributed by atoms with van der Waals surface area (Å²) in [7, 11) is 0. The Morgan fingerprint density at radius 2 is 1.48 bits per heavy atom. The highest BCUT2D eigenvalue weighted by Gasteiger charge is 2.09. The largest absolute Gasteiger partial charge is 0.272 e. The molecule has 0 radical (unpaired) electrons. The Kier molecular flexibility index (Phi) is 4.49. The lowest BCUT2D eigenvalue weighted by Crippen LogP contribution is -2.20. The van der Waals surface area contributed by atoms with Crippen LogP contribution in [0.5, 0.6) is 0 Å². The van der Waals surface area contributed by atoms with Crippen molar-refractivity contribution in [2.24, 2.45) is 5.10 Å². The highest BCUT2D eigenvalue weighted by Crippen LogP contribution is 2.09. The Bertz CT molecular complexity index is 761. The third-order valence-corrected chi connectivity index (χ3v) is 3.19. The maximum absolute atomic E-state index is 12.1. The number of carbonyl (C=O) groups excluding carboxylic acids is 1. The predicted molar refractivity (Wildman–Crippen MR) is 88.0 cm³/mol. The molecule has 0 atom stereocenters. The maximum Gasteiger partial charge on any atom is 0.272 e. The number of aromatic nitrogens is 2. The van der Waals surface area contributed by atoms with Crippen LogP contribution in [0.15, 0.2) is 84.5 Å². The topological polar surface area (TPSA) is 67.2 Å². The van der Waals surface area contributed by atoms with Gasteiger partial charge in [-0.3, -0.25) is 14.8 Å². The molecule has 3 rings (SSSR count). The number of pyridine rings is 2. The summed E-state index contributed by atoms with van der Waals surface area (Å²) in [4.78, 5) is 20.1. The van der Waals surface area contributed by atoms with Gasteiger partial charge in [-0.1, -0.05) is 30.3 Å². The summed E-state index contributed by atoms with van der Waals surface area (Å²) in [6.07, 6.45) is 6.50. The lowest BCUT2D eigenvalue weighted by atomic mass is 10.0. The van der Waals surface area contributed by atoms with Gasteiger partial charge in [-0.2, -0.15) is 5.10 Å². The zero-order chi connectivity index (χ0) is 15.9. The molecule has 0 aliphatic carbocycles. The quantitative estimate of drug-likeness (QED) is 0.595. The average Bonchev–Trinajstić information content (AvgIpc) is 2.64. The Hall–Kier alpha value is -3.34. The van der Waals surface area contributed by atoms with Crippen LogP contribution in [0.2, 0.25) is 0 Å². The van der Waals surface area contributed by atoms with Crippen molar-refractivity contribution in [3.8, 4) is 0 Å². The van der Waals surface area contributed by atoms with Crippen molar-refractivity contribution < 1.29 is 4.79 Å². The van der Waals surface area contributed by atoms with Gasteiger partial charge in [0.1, 0.15) is 0 Å². The van der Waals surface area contributed by atoms with Crippen LogP contribution in [0.1, 0.15) is 21.5 Å². The van der Waals surface area contributed by atoms with Crippen LogP contribution in [-0.2, 0) is 0 Å². The first-order chi connectivity index (χ1) is 11.3.